The monoisotopic (exact) mass is 380 g/mol. The smallest absolute Gasteiger partial charge is 0.264 e. The van der Waals surface area contributed by atoms with Gasteiger partial charge in [0, 0.05) is 0 Å². The van der Waals surface area contributed by atoms with E-state index in [2.05, 4.69) is 10.6 Å². The quantitative estimate of drug-likeness (QED) is 0.470. The number of rotatable bonds is 4. The van der Waals surface area contributed by atoms with Crippen molar-refractivity contribution < 1.29 is 14.6 Å². The van der Waals surface area contributed by atoms with Crippen molar-refractivity contribution >= 4 is 39.7 Å². The minimum Gasteiger partial charge on any atom is -0.505 e. The molecule has 3 N–H and O–H groups in total. The normalized spacial score (nSPS) is 10.4. The van der Waals surface area contributed by atoms with Crippen LogP contribution in [-0.2, 0) is 4.79 Å². The summed E-state index contributed by atoms with van der Waals surface area (Å²) in [7, 11) is 0. The lowest BCUT2D eigenvalue weighted by molar-refractivity contribution is -0.121. The van der Waals surface area contributed by atoms with Crippen LogP contribution in [0.5, 0.6) is 11.5 Å². The molecule has 0 aliphatic heterocycles. The number of benzene rings is 3. The number of amides is 1. The number of nitrogens with one attached hydrogen (secondary N) is 2. The molecule has 0 heterocycles. The van der Waals surface area contributed by atoms with Gasteiger partial charge >= 0.3 is 0 Å². The number of hydrogen-bond acceptors (Lipinski definition) is 4. The van der Waals surface area contributed by atoms with Gasteiger partial charge in [-0.2, -0.15) is 0 Å². The summed E-state index contributed by atoms with van der Waals surface area (Å²) in [5.41, 5.74) is 2.15. The van der Waals surface area contributed by atoms with Gasteiger partial charge in [-0.1, -0.05) is 36.4 Å². The van der Waals surface area contributed by atoms with E-state index in [1.54, 1.807) is 13.0 Å². The molecule has 0 unspecified atom stereocenters. The van der Waals surface area contributed by atoms with E-state index >= 15 is 0 Å². The highest BCUT2D eigenvalue weighted by atomic mass is 32.1. The first-order valence-corrected chi connectivity index (χ1v) is 8.86. The number of ether oxygens (including phenoxy) is 1. The van der Waals surface area contributed by atoms with Crippen LogP contribution in [-0.4, -0.2) is 22.7 Å². The van der Waals surface area contributed by atoms with Crippen LogP contribution in [0.1, 0.15) is 11.1 Å². The summed E-state index contributed by atoms with van der Waals surface area (Å²) in [6.07, 6.45) is 0. The van der Waals surface area contributed by atoms with E-state index in [1.807, 2.05) is 55.5 Å². The molecule has 0 fully saturated rings. The maximum absolute atomic E-state index is 12.1. The molecule has 0 aromatic heterocycles. The standard InChI is InChI=1S/C21H20N2O3S/c1-13-9-14(2)20(25)18(10-13)22-21(27)23-19(24)12-26-17-8-7-15-5-3-4-6-16(15)11-17/h3-11,25H,12H2,1-2H3,(H2,22,23,24,27). The van der Waals surface area contributed by atoms with E-state index in [-0.39, 0.29) is 23.4 Å². The topological polar surface area (TPSA) is 70.6 Å². The summed E-state index contributed by atoms with van der Waals surface area (Å²) in [6, 6.07) is 17.2. The van der Waals surface area contributed by atoms with Crippen molar-refractivity contribution in [3.8, 4) is 11.5 Å². The van der Waals surface area contributed by atoms with Gasteiger partial charge in [0.1, 0.15) is 11.5 Å². The van der Waals surface area contributed by atoms with Crippen LogP contribution in [0, 0.1) is 13.8 Å². The molecule has 0 bridgehead atoms. The molecule has 0 atom stereocenters. The minimum atomic E-state index is -0.385. The fraction of sp³-hybridized carbons (Fsp3) is 0.143. The highest BCUT2D eigenvalue weighted by molar-refractivity contribution is 7.80. The number of carbonyl (C=O) groups is 1. The Hall–Kier alpha value is -3.12. The van der Waals surface area contributed by atoms with E-state index in [0.29, 0.717) is 11.4 Å². The molecule has 1 amide bonds. The Morgan fingerprint density at radius 1 is 1.07 bits per heavy atom. The molecule has 5 nitrogen and oxygen atoms in total. The number of anilines is 1. The predicted molar refractivity (Wildman–Crippen MR) is 111 cm³/mol. The lowest BCUT2D eigenvalue weighted by Crippen LogP contribution is -2.37. The molecular formula is C21H20N2O3S. The fourth-order valence-electron chi connectivity index (χ4n) is 2.78. The molecule has 0 radical (unpaired) electrons. The Morgan fingerprint density at radius 2 is 1.81 bits per heavy atom. The average molecular weight is 380 g/mol. The van der Waals surface area contributed by atoms with E-state index in [9.17, 15) is 9.90 Å². The van der Waals surface area contributed by atoms with Crippen LogP contribution in [0.25, 0.3) is 10.8 Å². The van der Waals surface area contributed by atoms with Crippen molar-refractivity contribution in [1.29, 1.82) is 0 Å². The fourth-order valence-corrected chi connectivity index (χ4v) is 3.00. The van der Waals surface area contributed by atoms with E-state index in [4.69, 9.17) is 17.0 Å². The van der Waals surface area contributed by atoms with E-state index < -0.39 is 0 Å². The number of phenolic OH excluding ortho intramolecular Hbond substituents is 1. The third kappa shape index (κ3) is 4.74. The second-order valence-electron chi connectivity index (χ2n) is 6.28. The van der Waals surface area contributed by atoms with Gasteiger partial charge in [-0.25, -0.2) is 0 Å². The van der Waals surface area contributed by atoms with Gasteiger partial charge in [0.05, 0.1) is 5.69 Å². The number of fused-ring (bicyclic) bond motifs is 1. The molecule has 3 aromatic carbocycles. The van der Waals surface area contributed by atoms with Crippen LogP contribution in [0.3, 0.4) is 0 Å². The van der Waals surface area contributed by atoms with Crippen LogP contribution >= 0.6 is 12.2 Å². The summed E-state index contributed by atoms with van der Waals surface area (Å²) < 4.78 is 5.54. The highest BCUT2D eigenvalue weighted by Crippen LogP contribution is 2.28. The molecule has 3 rings (SSSR count). The summed E-state index contributed by atoms with van der Waals surface area (Å²) in [4.78, 5) is 12.1. The van der Waals surface area contributed by atoms with Crippen molar-refractivity contribution in [3.05, 3.63) is 65.7 Å². The molecule has 27 heavy (non-hydrogen) atoms. The average Bonchev–Trinajstić information content (AvgIpc) is 2.63. The summed E-state index contributed by atoms with van der Waals surface area (Å²) in [6.45, 7) is 3.54. The molecule has 6 heteroatoms. The second kappa shape index (κ2) is 8.05. The Balaban J connectivity index is 1.56. The Kier molecular flexibility index (Phi) is 5.57. The number of thiocarbonyl (C=S) groups is 1. The molecule has 0 spiro atoms. The van der Waals surface area contributed by atoms with E-state index in [1.165, 1.54) is 0 Å². The van der Waals surface area contributed by atoms with Crippen molar-refractivity contribution in [3.63, 3.8) is 0 Å². The molecular weight excluding hydrogens is 360 g/mol. The van der Waals surface area contributed by atoms with Crippen LogP contribution in [0.4, 0.5) is 5.69 Å². The maximum atomic E-state index is 12.1. The maximum Gasteiger partial charge on any atom is 0.264 e. The zero-order chi connectivity index (χ0) is 19.4. The summed E-state index contributed by atoms with van der Waals surface area (Å²) in [5.74, 6) is 0.323. The van der Waals surface area contributed by atoms with Gasteiger partial charge in [-0.15, -0.1) is 0 Å². The van der Waals surface area contributed by atoms with Gasteiger partial charge in [0.15, 0.2) is 11.7 Å². The first-order valence-electron chi connectivity index (χ1n) is 8.45. The van der Waals surface area contributed by atoms with Crippen LogP contribution in [0.15, 0.2) is 54.6 Å². The van der Waals surface area contributed by atoms with Gasteiger partial charge in [-0.05, 0) is 66.2 Å². The van der Waals surface area contributed by atoms with Crippen molar-refractivity contribution in [2.75, 3.05) is 11.9 Å². The molecule has 0 aliphatic carbocycles. The largest absolute Gasteiger partial charge is 0.505 e. The van der Waals surface area contributed by atoms with Crippen molar-refractivity contribution in [2.24, 2.45) is 0 Å². The number of carbonyl (C=O) groups excluding carboxylic acids is 1. The molecule has 138 valence electrons. The second-order valence-corrected chi connectivity index (χ2v) is 6.69. The zero-order valence-electron chi connectivity index (χ0n) is 15.1. The van der Waals surface area contributed by atoms with Gasteiger partial charge in [-0.3, -0.25) is 10.1 Å². The Morgan fingerprint density at radius 3 is 2.59 bits per heavy atom. The predicted octanol–water partition coefficient (Wildman–Crippen LogP) is 4.05. The molecule has 0 aliphatic rings. The number of phenols is 1. The SMILES string of the molecule is Cc1cc(C)c(O)c(NC(=S)NC(=O)COc2ccc3ccccc3c2)c1. The lowest BCUT2D eigenvalue weighted by Gasteiger charge is -2.13. The Bertz CT molecular complexity index is 1020. The first kappa shape index (κ1) is 18.7. The molecule has 0 saturated heterocycles. The molecule has 3 aromatic rings. The van der Waals surface area contributed by atoms with Crippen LogP contribution < -0.4 is 15.4 Å². The summed E-state index contributed by atoms with van der Waals surface area (Å²) in [5, 5.41) is 17.7. The van der Waals surface area contributed by atoms with E-state index in [0.717, 1.165) is 21.9 Å². The Labute approximate surface area is 163 Å². The number of aryl methyl sites for hydroxylation is 2. The number of aromatic hydroxyl groups is 1. The highest BCUT2D eigenvalue weighted by Gasteiger charge is 2.10. The van der Waals surface area contributed by atoms with Gasteiger partial charge in [0.25, 0.3) is 5.91 Å². The third-order valence-electron chi connectivity index (χ3n) is 4.04. The van der Waals surface area contributed by atoms with Crippen molar-refractivity contribution in [2.45, 2.75) is 13.8 Å². The van der Waals surface area contributed by atoms with Gasteiger partial charge < -0.3 is 15.2 Å². The minimum absolute atomic E-state index is 0.0995. The number of hydrogen-bond donors (Lipinski definition) is 3. The zero-order valence-corrected chi connectivity index (χ0v) is 15.9. The molecule has 0 saturated carbocycles. The van der Waals surface area contributed by atoms with Crippen LogP contribution in [0.2, 0.25) is 0 Å². The third-order valence-corrected chi connectivity index (χ3v) is 4.24. The van der Waals surface area contributed by atoms with Gasteiger partial charge in [0.2, 0.25) is 0 Å². The lowest BCUT2D eigenvalue weighted by atomic mass is 10.1. The summed E-state index contributed by atoms with van der Waals surface area (Å²) >= 11 is 5.14. The first-order chi connectivity index (χ1) is 12.9. The van der Waals surface area contributed by atoms with Crippen molar-refractivity contribution in [1.82, 2.24) is 5.32 Å².